The van der Waals surface area contributed by atoms with Gasteiger partial charge in [-0.25, -0.2) is 4.79 Å². The largest absolute Gasteiger partial charge is 0.458 e. The van der Waals surface area contributed by atoms with Gasteiger partial charge >= 0.3 is 5.97 Å². The third kappa shape index (κ3) is 3.09. The molecule has 2 aromatic carbocycles. The number of benzene rings is 2. The smallest absolute Gasteiger partial charge is 0.337 e. The second-order valence-electron chi connectivity index (χ2n) is 7.06. The number of fused-ring (bicyclic) bond motifs is 1. The number of para-hydroxylation sites is 1. The average molecular weight is 309 g/mol. The normalized spacial score (nSPS) is 20.3. The van der Waals surface area contributed by atoms with Crippen LogP contribution in [0.1, 0.15) is 38.3 Å². The Hall–Kier alpha value is -2.29. The van der Waals surface area contributed by atoms with Gasteiger partial charge in [0.25, 0.3) is 0 Å². The Morgan fingerprint density at radius 3 is 2.39 bits per heavy atom. The SMILES string of the molecule is CC(C)(C)OC(=O)[C@@]1(c2ccccc2)CCc2ccccc2N1. The molecular weight excluding hydrogens is 286 g/mol. The molecule has 0 amide bonds. The van der Waals surface area contributed by atoms with Crippen LogP contribution in [0.3, 0.4) is 0 Å². The van der Waals surface area contributed by atoms with Crippen molar-refractivity contribution in [1.29, 1.82) is 0 Å². The zero-order valence-electron chi connectivity index (χ0n) is 13.9. The third-order valence-corrected chi connectivity index (χ3v) is 4.15. The highest BCUT2D eigenvalue weighted by molar-refractivity contribution is 5.87. The van der Waals surface area contributed by atoms with Crippen molar-refractivity contribution in [3.63, 3.8) is 0 Å². The molecule has 0 saturated heterocycles. The molecular formula is C20H23NO2. The van der Waals surface area contributed by atoms with E-state index >= 15 is 0 Å². The quantitative estimate of drug-likeness (QED) is 0.841. The molecule has 23 heavy (non-hydrogen) atoms. The minimum atomic E-state index is -0.830. The van der Waals surface area contributed by atoms with Crippen LogP contribution in [0.5, 0.6) is 0 Å². The first-order valence-corrected chi connectivity index (χ1v) is 8.06. The summed E-state index contributed by atoms with van der Waals surface area (Å²) in [6.45, 7) is 5.71. The summed E-state index contributed by atoms with van der Waals surface area (Å²) in [5.41, 5.74) is 1.85. The molecule has 0 spiro atoms. The summed E-state index contributed by atoms with van der Waals surface area (Å²) in [5, 5.41) is 3.47. The number of rotatable bonds is 2. The fourth-order valence-electron chi connectivity index (χ4n) is 3.05. The van der Waals surface area contributed by atoms with Gasteiger partial charge in [-0.3, -0.25) is 0 Å². The van der Waals surface area contributed by atoms with Gasteiger partial charge in [0.05, 0.1) is 0 Å². The average Bonchev–Trinajstić information content (AvgIpc) is 2.53. The van der Waals surface area contributed by atoms with E-state index in [0.717, 1.165) is 17.7 Å². The number of ether oxygens (including phenoxy) is 1. The van der Waals surface area contributed by atoms with Crippen LogP contribution < -0.4 is 5.32 Å². The molecule has 1 atom stereocenters. The molecule has 0 saturated carbocycles. The number of aryl methyl sites for hydroxylation is 1. The van der Waals surface area contributed by atoms with Crippen LogP contribution in [-0.4, -0.2) is 11.6 Å². The van der Waals surface area contributed by atoms with Crippen molar-refractivity contribution in [2.45, 2.75) is 44.8 Å². The maximum Gasteiger partial charge on any atom is 0.337 e. The first-order chi connectivity index (χ1) is 10.9. The zero-order valence-corrected chi connectivity index (χ0v) is 13.9. The molecule has 1 aliphatic rings. The summed E-state index contributed by atoms with van der Waals surface area (Å²) in [6, 6.07) is 18.0. The van der Waals surface area contributed by atoms with Crippen molar-refractivity contribution in [2.75, 3.05) is 5.32 Å². The number of nitrogens with one attached hydrogen (secondary N) is 1. The number of anilines is 1. The molecule has 120 valence electrons. The number of carbonyl (C=O) groups excluding carboxylic acids is 1. The number of hydrogen-bond donors (Lipinski definition) is 1. The van der Waals surface area contributed by atoms with Crippen molar-refractivity contribution < 1.29 is 9.53 Å². The molecule has 1 heterocycles. The van der Waals surface area contributed by atoms with Gasteiger partial charge in [0.2, 0.25) is 0 Å². The third-order valence-electron chi connectivity index (χ3n) is 4.15. The highest BCUT2D eigenvalue weighted by Crippen LogP contribution is 2.39. The van der Waals surface area contributed by atoms with Gasteiger partial charge in [-0.2, -0.15) is 0 Å². The molecule has 3 heteroatoms. The van der Waals surface area contributed by atoms with Gasteiger partial charge in [-0.05, 0) is 50.8 Å². The predicted octanol–water partition coefficient (Wildman–Crippen LogP) is 4.28. The van der Waals surface area contributed by atoms with Crippen LogP contribution >= 0.6 is 0 Å². The van der Waals surface area contributed by atoms with Crippen molar-refractivity contribution >= 4 is 11.7 Å². The molecule has 0 radical (unpaired) electrons. The number of carbonyl (C=O) groups is 1. The van der Waals surface area contributed by atoms with Crippen molar-refractivity contribution in [1.82, 2.24) is 0 Å². The standard InChI is InChI=1S/C20H23NO2/c1-19(2,3)23-18(22)20(16-10-5-4-6-11-16)14-13-15-9-7-8-12-17(15)21-20/h4-12,21H,13-14H2,1-3H3/t20-/m0/s1. The van der Waals surface area contributed by atoms with Crippen LogP contribution in [0.15, 0.2) is 54.6 Å². The molecule has 0 aliphatic carbocycles. The summed E-state index contributed by atoms with van der Waals surface area (Å²) in [7, 11) is 0. The highest BCUT2D eigenvalue weighted by atomic mass is 16.6. The fraction of sp³-hybridized carbons (Fsp3) is 0.350. The van der Waals surface area contributed by atoms with Gasteiger partial charge in [0.1, 0.15) is 5.60 Å². The van der Waals surface area contributed by atoms with E-state index in [1.807, 2.05) is 69.3 Å². The van der Waals surface area contributed by atoms with Gasteiger partial charge in [0.15, 0.2) is 5.54 Å². The summed E-state index contributed by atoms with van der Waals surface area (Å²) < 4.78 is 5.75. The first kappa shape index (κ1) is 15.6. The van der Waals surface area contributed by atoms with Gasteiger partial charge < -0.3 is 10.1 Å². The van der Waals surface area contributed by atoms with Crippen molar-refractivity contribution in [3.8, 4) is 0 Å². The lowest BCUT2D eigenvalue weighted by atomic mass is 9.80. The molecule has 1 aliphatic heterocycles. The van der Waals surface area contributed by atoms with Crippen LogP contribution in [-0.2, 0) is 21.5 Å². The molecule has 1 N–H and O–H groups in total. The zero-order chi connectivity index (χ0) is 16.5. The Bertz CT molecular complexity index is 703. The Morgan fingerprint density at radius 2 is 1.70 bits per heavy atom. The lowest BCUT2D eigenvalue weighted by Gasteiger charge is -2.40. The maximum atomic E-state index is 13.1. The fourth-order valence-corrected chi connectivity index (χ4v) is 3.05. The topological polar surface area (TPSA) is 38.3 Å². The van der Waals surface area contributed by atoms with E-state index in [1.54, 1.807) is 0 Å². The van der Waals surface area contributed by atoms with E-state index in [-0.39, 0.29) is 5.97 Å². The lowest BCUT2D eigenvalue weighted by Crippen LogP contribution is -2.49. The molecule has 0 bridgehead atoms. The minimum Gasteiger partial charge on any atom is -0.458 e. The van der Waals surface area contributed by atoms with E-state index in [1.165, 1.54) is 5.56 Å². The van der Waals surface area contributed by atoms with E-state index in [2.05, 4.69) is 11.4 Å². The molecule has 0 aromatic heterocycles. The van der Waals surface area contributed by atoms with E-state index in [9.17, 15) is 4.79 Å². The van der Waals surface area contributed by atoms with Gasteiger partial charge in [0, 0.05) is 5.69 Å². The first-order valence-electron chi connectivity index (χ1n) is 8.06. The monoisotopic (exact) mass is 309 g/mol. The van der Waals surface area contributed by atoms with Gasteiger partial charge in [-0.15, -0.1) is 0 Å². The van der Waals surface area contributed by atoms with Gasteiger partial charge in [-0.1, -0.05) is 48.5 Å². The number of hydrogen-bond acceptors (Lipinski definition) is 3. The molecule has 3 rings (SSSR count). The summed E-state index contributed by atoms with van der Waals surface area (Å²) in [5.74, 6) is -0.217. The minimum absolute atomic E-state index is 0.217. The predicted molar refractivity (Wildman–Crippen MR) is 92.4 cm³/mol. The molecule has 0 fully saturated rings. The van der Waals surface area contributed by atoms with Crippen LogP contribution in [0.4, 0.5) is 5.69 Å². The summed E-state index contributed by atoms with van der Waals surface area (Å²) in [4.78, 5) is 13.1. The summed E-state index contributed by atoms with van der Waals surface area (Å²) >= 11 is 0. The van der Waals surface area contributed by atoms with E-state index in [4.69, 9.17) is 4.74 Å². The maximum absolute atomic E-state index is 13.1. The van der Waals surface area contributed by atoms with Crippen LogP contribution in [0.25, 0.3) is 0 Å². The van der Waals surface area contributed by atoms with E-state index < -0.39 is 11.1 Å². The second-order valence-corrected chi connectivity index (χ2v) is 7.06. The van der Waals surface area contributed by atoms with E-state index in [0.29, 0.717) is 6.42 Å². The van der Waals surface area contributed by atoms with Crippen molar-refractivity contribution in [3.05, 3.63) is 65.7 Å². The Kier molecular flexibility index (Phi) is 3.88. The Balaban J connectivity index is 2.04. The second kappa shape index (κ2) is 5.73. The van der Waals surface area contributed by atoms with Crippen LogP contribution in [0.2, 0.25) is 0 Å². The molecule has 2 aromatic rings. The molecule has 0 unspecified atom stereocenters. The Morgan fingerprint density at radius 1 is 1.04 bits per heavy atom. The molecule has 3 nitrogen and oxygen atoms in total. The number of esters is 1. The highest BCUT2D eigenvalue weighted by Gasteiger charge is 2.45. The van der Waals surface area contributed by atoms with Crippen molar-refractivity contribution in [2.24, 2.45) is 0 Å². The summed E-state index contributed by atoms with van der Waals surface area (Å²) in [6.07, 6.45) is 1.53. The van der Waals surface area contributed by atoms with Crippen LogP contribution in [0, 0.1) is 0 Å². The Labute approximate surface area is 137 Å². The lowest BCUT2D eigenvalue weighted by molar-refractivity contribution is -0.161.